The predicted octanol–water partition coefficient (Wildman–Crippen LogP) is -0.0565. The molecule has 5 atom stereocenters. The number of carboxylic acids is 1. The Labute approximate surface area is 194 Å². The number of carboxylic acid groups (broad SMARTS) is 1. The summed E-state index contributed by atoms with van der Waals surface area (Å²) in [5.74, 6) is -4.58. The molecule has 13 heteroatoms. The number of fused-ring (bicyclic) bond motifs is 1. The molecule has 0 spiro atoms. The average molecular weight is 492 g/mol. The molecular weight excluding hydrogens is 472 g/mol. The van der Waals surface area contributed by atoms with Crippen molar-refractivity contribution in [2.24, 2.45) is 0 Å². The number of aliphatic hydroxyl groups is 3. The lowest BCUT2D eigenvalue weighted by molar-refractivity contribution is -0.273. The number of aliphatic hydroxyl groups excluding tert-OH is 3. The van der Waals surface area contributed by atoms with E-state index in [2.05, 4.69) is 0 Å². The van der Waals surface area contributed by atoms with Crippen molar-refractivity contribution in [1.82, 2.24) is 0 Å². The predicted molar refractivity (Wildman–Crippen MR) is 114 cm³/mol. The lowest BCUT2D eigenvalue weighted by atomic mass is 9.97. The van der Waals surface area contributed by atoms with Crippen molar-refractivity contribution in [1.29, 1.82) is 0 Å². The largest absolute Gasteiger partial charge is 0.508 e. The van der Waals surface area contributed by atoms with Gasteiger partial charge in [0.1, 0.15) is 46.9 Å². The molecule has 2 aromatic carbocycles. The monoisotopic (exact) mass is 492 g/mol. The first-order valence-electron chi connectivity index (χ1n) is 10.1. The van der Waals surface area contributed by atoms with Crippen molar-refractivity contribution < 1.29 is 59.5 Å². The summed E-state index contributed by atoms with van der Waals surface area (Å²) in [7, 11) is 0. The third-order valence-electron chi connectivity index (χ3n) is 5.44. The number of hydrogen-bond acceptors (Lipinski definition) is 12. The third kappa shape index (κ3) is 4.40. The summed E-state index contributed by atoms with van der Waals surface area (Å²) >= 11 is 0. The van der Waals surface area contributed by atoms with E-state index in [1.165, 1.54) is 6.07 Å². The summed E-state index contributed by atoms with van der Waals surface area (Å²) < 4.78 is 16.2. The first-order chi connectivity index (χ1) is 16.5. The molecule has 0 saturated carbocycles. The second kappa shape index (κ2) is 8.96. The number of phenols is 3. The number of hydrogen-bond donors (Lipinski definition) is 8. The number of phenolic OH excluding ortho intramolecular Hbond substituents is 3. The minimum Gasteiger partial charge on any atom is -0.508 e. The zero-order chi connectivity index (χ0) is 25.6. The zero-order valence-electron chi connectivity index (χ0n) is 17.6. The normalized spacial score (nSPS) is 24.4. The van der Waals surface area contributed by atoms with Crippen LogP contribution in [-0.2, 0) is 9.53 Å². The van der Waals surface area contributed by atoms with Crippen LogP contribution in [0.1, 0.15) is 6.42 Å². The lowest BCUT2D eigenvalue weighted by Gasteiger charge is -2.39. The van der Waals surface area contributed by atoms with E-state index >= 15 is 0 Å². The van der Waals surface area contributed by atoms with E-state index in [1.54, 1.807) is 0 Å². The smallest absolute Gasteiger partial charge is 0.306 e. The van der Waals surface area contributed by atoms with Gasteiger partial charge in [-0.3, -0.25) is 9.59 Å². The molecule has 1 fully saturated rings. The second-order valence-corrected chi connectivity index (χ2v) is 7.86. The fraction of sp³-hybridized carbons (Fsp3) is 0.273. The van der Waals surface area contributed by atoms with Crippen LogP contribution in [0.4, 0.5) is 0 Å². The van der Waals surface area contributed by atoms with Crippen molar-refractivity contribution in [2.45, 2.75) is 37.1 Å². The summed E-state index contributed by atoms with van der Waals surface area (Å²) in [6, 6.07) is 5.34. The van der Waals surface area contributed by atoms with Crippen molar-refractivity contribution in [3.8, 4) is 40.1 Å². The van der Waals surface area contributed by atoms with Crippen LogP contribution in [0.2, 0.25) is 0 Å². The van der Waals surface area contributed by atoms with Crippen LogP contribution in [-0.4, -0.2) is 77.5 Å². The van der Waals surface area contributed by atoms with Crippen LogP contribution in [0.5, 0.6) is 28.7 Å². The molecule has 8 N–H and O–H groups in total. The highest BCUT2D eigenvalue weighted by Crippen LogP contribution is 2.39. The van der Waals surface area contributed by atoms with E-state index in [0.29, 0.717) is 0 Å². The maximum atomic E-state index is 12.6. The van der Waals surface area contributed by atoms with Gasteiger partial charge in [-0.2, -0.15) is 0 Å². The molecule has 13 nitrogen and oxygen atoms in total. The summed E-state index contributed by atoms with van der Waals surface area (Å²) in [4.78, 5) is 23.6. The van der Waals surface area contributed by atoms with Crippen molar-refractivity contribution in [3.05, 3.63) is 40.6 Å². The molecule has 2 heterocycles. The number of aromatic hydroxyl groups is 4. The summed E-state index contributed by atoms with van der Waals surface area (Å²) in [6.45, 7) is 0. The third-order valence-corrected chi connectivity index (χ3v) is 5.44. The first kappa shape index (κ1) is 24.1. The maximum absolute atomic E-state index is 12.6. The van der Waals surface area contributed by atoms with Crippen LogP contribution in [0.25, 0.3) is 22.3 Å². The van der Waals surface area contributed by atoms with Crippen molar-refractivity contribution in [3.63, 3.8) is 0 Å². The molecule has 1 aliphatic rings. The van der Waals surface area contributed by atoms with Crippen LogP contribution in [0.3, 0.4) is 0 Å². The van der Waals surface area contributed by atoms with E-state index in [-0.39, 0.29) is 22.3 Å². The Hall–Kier alpha value is -4.04. The molecule has 0 aliphatic carbocycles. The molecule has 1 saturated heterocycles. The molecule has 0 amide bonds. The molecule has 1 aliphatic heterocycles. The Kier molecular flexibility index (Phi) is 6.17. The summed E-state index contributed by atoms with van der Waals surface area (Å²) in [5, 5.41) is 79.0. The Morgan fingerprint density at radius 2 is 1.66 bits per heavy atom. The number of ether oxygens (including phenoxy) is 2. The standard InChI is InChI=1S/C22H20O13/c23-8-4-10(25)15-12(5-8)33-21(19(31)17(15)29)7-1-2-9(24)11(3-7)34-22-20(32)18(30)16(28)13(35-22)6-14(26)27/h1-5,13,16,18,20,22-25,28,30-32H,6H2,(H,26,27). The van der Waals surface area contributed by atoms with Crippen LogP contribution in [0, 0.1) is 0 Å². The minimum atomic E-state index is -1.84. The zero-order valence-corrected chi connectivity index (χ0v) is 17.6. The molecule has 0 radical (unpaired) electrons. The molecule has 4 rings (SSSR count). The van der Waals surface area contributed by atoms with Gasteiger partial charge < -0.3 is 54.7 Å². The molecule has 0 bridgehead atoms. The summed E-state index contributed by atoms with van der Waals surface area (Å²) in [5.41, 5.74) is -1.28. The maximum Gasteiger partial charge on any atom is 0.306 e. The van der Waals surface area contributed by atoms with E-state index in [9.17, 15) is 45.3 Å². The van der Waals surface area contributed by atoms with Gasteiger partial charge >= 0.3 is 5.97 Å². The number of rotatable bonds is 5. The van der Waals surface area contributed by atoms with Gasteiger partial charge in [0.25, 0.3) is 0 Å². The highest BCUT2D eigenvalue weighted by atomic mass is 16.7. The Morgan fingerprint density at radius 3 is 2.34 bits per heavy atom. The Morgan fingerprint density at radius 1 is 0.943 bits per heavy atom. The molecule has 1 aromatic heterocycles. The Bertz CT molecular complexity index is 1350. The summed E-state index contributed by atoms with van der Waals surface area (Å²) in [6.07, 6.45) is -9.26. The number of carbonyl (C=O) groups is 1. The van der Waals surface area contributed by atoms with Gasteiger partial charge in [-0.05, 0) is 18.2 Å². The van der Waals surface area contributed by atoms with Gasteiger partial charge in [-0.1, -0.05) is 0 Å². The quantitative estimate of drug-likeness (QED) is 0.234. The second-order valence-electron chi connectivity index (χ2n) is 7.86. The molecular formula is C22H20O13. The van der Waals surface area contributed by atoms with E-state index in [4.69, 9.17) is 19.0 Å². The van der Waals surface area contributed by atoms with E-state index in [1.807, 2.05) is 0 Å². The lowest BCUT2D eigenvalue weighted by Crippen LogP contribution is -2.59. The molecule has 186 valence electrons. The van der Waals surface area contributed by atoms with Crippen LogP contribution >= 0.6 is 0 Å². The Balaban J connectivity index is 1.72. The SMILES string of the molecule is O=C(O)CC1OC(Oc2cc(-c3oc4cc(O)cc(O)c4c(=O)c3O)ccc2O)C(O)C(O)C1O. The topological polar surface area (TPSA) is 228 Å². The fourth-order valence-electron chi connectivity index (χ4n) is 3.70. The fourth-order valence-corrected chi connectivity index (χ4v) is 3.70. The highest BCUT2D eigenvalue weighted by Gasteiger charge is 2.45. The van der Waals surface area contributed by atoms with E-state index in [0.717, 1.165) is 24.3 Å². The molecule has 35 heavy (non-hydrogen) atoms. The van der Waals surface area contributed by atoms with Gasteiger partial charge in [0.05, 0.1) is 6.42 Å². The first-order valence-corrected chi connectivity index (χ1v) is 10.1. The van der Waals surface area contributed by atoms with Gasteiger partial charge in [-0.15, -0.1) is 0 Å². The number of aliphatic carboxylic acids is 1. The highest BCUT2D eigenvalue weighted by molar-refractivity contribution is 5.88. The van der Waals surface area contributed by atoms with Crippen LogP contribution in [0.15, 0.2) is 39.5 Å². The van der Waals surface area contributed by atoms with Crippen molar-refractivity contribution in [2.75, 3.05) is 0 Å². The average Bonchev–Trinajstić information content (AvgIpc) is 2.78. The molecule has 5 unspecified atom stereocenters. The molecule has 3 aromatic rings. The van der Waals surface area contributed by atoms with E-state index < -0.39 is 77.3 Å². The van der Waals surface area contributed by atoms with Crippen molar-refractivity contribution >= 4 is 16.9 Å². The van der Waals surface area contributed by atoms with Gasteiger partial charge in [-0.25, -0.2) is 0 Å². The number of benzene rings is 2. The van der Waals surface area contributed by atoms with Gasteiger partial charge in [0, 0.05) is 17.7 Å². The van der Waals surface area contributed by atoms with Gasteiger partial charge in [0.2, 0.25) is 17.5 Å². The minimum absolute atomic E-state index is 0.0231. The van der Waals surface area contributed by atoms with Crippen LogP contribution < -0.4 is 10.2 Å². The van der Waals surface area contributed by atoms with Gasteiger partial charge in [0.15, 0.2) is 17.3 Å².